The molecule has 1 aromatic carbocycles. The molecule has 0 bridgehead atoms. The van der Waals surface area contributed by atoms with Crippen molar-refractivity contribution in [3.05, 3.63) is 63.1 Å². The predicted molar refractivity (Wildman–Crippen MR) is 89.5 cm³/mol. The second kappa shape index (κ2) is 6.86. The van der Waals surface area contributed by atoms with Gasteiger partial charge in [-0.05, 0) is 30.5 Å². The van der Waals surface area contributed by atoms with Gasteiger partial charge < -0.3 is 10.4 Å². The Balaban J connectivity index is 1.82. The molecule has 1 aliphatic carbocycles. The molecule has 25 heavy (non-hydrogen) atoms. The topological polar surface area (TPSA) is 62.2 Å². The zero-order valence-corrected chi connectivity index (χ0v) is 14.4. The number of fused-ring (bicyclic) bond motifs is 1. The number of aromatic nitrogens is 1. The standard InChI is InChI=1S/C17H14Cl2F2N2O2/c18-13-9(3-4-11(20)14(13)19)8-23-16(25)17(21)6-5-12(24)15-10(17)2-1-7-22-15/h1-4,7,12,24H,5-6,8H2,(H,23,25)/t12-,17-/m0/s1. The van der Waals surface area contributed by atoms with Crippen molar-refractivity contribution in [2.24, 2.45) is 0 Å². The van der Waals surface area contributed by atoms with Crippen molar-refractivity contribution in [3.63, 3.8) is 0 Å². The van der Waals surface area contributed by atoms with E-state index >= 15 is 4.39 Å². The Morgan fingerprint density at radius 2 is 2.12 bits per heavy atom. The number of benzene rings is 1. The van der Waals surface area contributed by atoms with Crippen molar-refractivity contribution in [2.75, 3.05) is 0 Å². The number of amides is 1. The highest BCUT2D eigenvalue weighted by Crippen LogP contribution is 2.42. The van der Waals surface area contributed by atoms with E-state index in [1.165, 1.54) is 24.4 Å². The normalized spacial score (nSPS) is 22.4. The van der Waals surface area contributed by atoms with Crippen LogP contribution in [0.5, 0.6) is 0 Å². The van der Waals surface area contributed by atoms with E-state index in [0.29, 0.717) is 5.56 Å². The first kappa shape index (κ1) is 18.0. The molecule has 132 valence electrons. The van der Waals surface area contributed by atoms with Crippen LogP contribution in [0.25, 0.3) is 0 Å². The van der Waals surface area contributed by atoms with Gasteiger partial charge in [-0.25, -0.2) is 8.78 Å². The molecule has 1 aromatic heterocycles. The molecule has 1 heterocycles. The third-order valence-corrected chi connectivity index (χ3v) is 5.16. The number of halogens is 4. The first-order valence-corrected chi connectivity index (χ1v) is 8.33. The first-order valence-electron chi connectivity index (χ1n) is 7.57. The molecule has 0 saturated heterocycles. The Bertz CT molecular complexity index is 834. The maximum Gasteiger partial charge on any atom is 0.262 e. The van der Waals surface area contributed by atoms with Gasteiger partial charge in [-0.2, -0.15) is 0 Å². The first-order chi connectivity index (χ1) is 11.8. The molecule has 2 atom stereocenters. The lowest BCUT2D eigenvalue weighted by Crippen LogP contribution is -2.44. The van der Waals surface area contributed by atoms with Crippen molar-refractivity contribution in [3.8, 4) is 0 Å². The minimum absolute atomic E-state index is 0.0315. The van der Waals surface area contributed by atoms with Gasteiger partial charge in [0, 0.05) is 18.3 Å². The second-order valence-electron chi connectivity index (χ2n) is 5.81. The van der Waals surface area contributed by atoms with E-state index in [2.05, 4.69) is 10.3 Å². The van der Waals surface area contributed by atoms with E-state index in [9.17, 15) is 14.3 Å². The maximum atomic E-state index is 15.4. The van der Waals surface area contributed by atoms with Crippen LogP contribution in [0.15, 0.2) is 30.5 Å². The van der Waals surface area contributed by atoms with Crippen LogP contribution >= 0.6 is 23.2 Å². The molecule has 1 aliphatic rings. The number of carbonyl (C=O) groups is 1. The Hall–Kier alpha value is -1.76. The number of nitrogens with one attached hydrogen (secondary N) is 1. The highest BCUT2D eigenvalue weighted by Gasteiger charge is 2.46. The van der Waals surface area contributed by atoms with Crippen molar-refractivity contribution < 1.29 is 18.7 Å². The van der Waals surface area contributed by atoms with Crippen LogP contribution in [0.2, 0.25) is 10.0 Å². The fraction of sp³-hybridized carbons (Fsp3) is 0.294. The summed E-state index contributed by atoms with van der Waals surface area (Å²) in [5.41, 5.74) is -1.73. The summed E-state index contributed by atoms with van der Waals surface area (Å²) in [6.07, 6.45) is 0.442. The van der Waals surface area contributed by atoms with Crippen molar-refractivity contribution in [1.29, 1.82) is 0 Å². The number of alkyl halides is 1. The SMILES string of the molecule is O=C(NCc1ccc(F)c(Cl)c1Cl)[C@]1(F)CC[C@H](O)c2ncccc21. The number of carbonyl (C=O) groups excluding carboxylic acids is 1. The summed E-state index contributed by atoms with van der Waals surface area (Å²) in [4.78, 5) is 16.5. The molecule has 0 saturated carbocycles. The third kappa shape index (κ3) is 3.21. The van der Waals surface area contributed by atoms with Crippen LogP contribution in [-0.4, -0.2) is 16.0 Å². The van der Waals surface area contributed by atoms with Gasteiger partial charge in [0.05, 0.1) is 21.8 Å². The number of rotatable bonds is 3. The third-order valence-electron chi connectivity index (χ3n) is 4.26. The number of hydrogen-bond acceptors (Lipinski definition) is 3. The van der Waals surface area contributed by atoms with Crippen LogP contribution in [0.4, 0.5) is 8.78 Å². The number of hydrogen-bond donors (Lipinski definition) is 2. The smallest absolute Gasteiger partial charge is 0.262 e. The number of aliphatic hydroxyl groups excluding tert-OH is 1. The van der Waals surface area contributed by atoms with Crippen LogP contribution in [0.1, 0.15) is 35.8 Å². The van der Waals surface area contributed by atoms with Gasteiger partial charge in [-0.3, -0.25) is 9.78 Å². The predicted octanol–water partition coefficient (Wildman–Crippen LogP) is 3.84. The van der Waals surface area contributed by atoms with Crippen molar-refractivity contribution in [2.45, 2.75) is 31.2 Å². The Labute approximate surface area is 152 Å². The van der Waals surface area contributed by atoms with Crippen LogP contribution in [-0.2, 0) is 17.0 Å². The van der Waals surface area contributed by atoms with Gasteiger partial charge in [0.25, 0.3) is 5.91 Å². The van der Waals surface area contributed by atoms with Gasteiger partial charge in [0.2, 0.25) is 5.67 Å². The largest absolute Gasteiger partial charge is 0.387 e. The zero-order valence-electron chi connectivity index (χ0n) is 12.9. The summed E-state index contributed by atoms with van der Waals surface area (Å²) in [7, 11) is 0. The van der Waals surface area contributed by atoms with Gasteiger partial charge in [-0.15, -0.1) is 0 Å². The molecule has 0 spiro atoms. The minimum Gasteiger partial charge on any atom is -0.387 e. The van der Waals surface area contributed by atoms with Gasteiger partial charge >= 0.3 is 0 Å². The molecule has 0 fully saturated rings. The summed E-state index contributed by atoms with van der Waals surface area (Å²) < 4.78 is 28.7. The average molecular weight is 387 g/mol. The number of pyridine rings is 1. The Kier molecular flexibility index (Phi) is 4.95. The zero-order chi connectivity index (χ0) is 18.2. The van der Waals surface area contributed by atoms with E-state index in [0.717, 1.165) is 6.07 Å². The molecule has 3 rings (SSSR count). The fourth-order valence-corrected chi connectivity index (χ4v) is 3.28. The molecule has 0 radical (unpaired) electrons. The lowest BCUT2D eigenvalue weighted by molar-refractivity contribution is -0.135. The second-order valence-corrected chi connectivity index (χ2v) is 6.56. The molecule has 8 heteroatoms. The lowest BCUT2D eigenvalue weighted by atomic mass is 9.81. The van der Waals surface area contributed by atoms with E-state index in [1.807, 2.05) is 0 Å². The molecule has 2 aromatic rings. The summed E-state index contributed by atoms with van der Waals surface area (Å²) in [5, 5.41) is 12.1. The fourth-order valence-electron chi connectivity index (χ4n) is 2.88. The van der Waals surface area contributed by atoms with Crippen LogP contribution in [0, 0.1) is 5.82 Å². The van der Waals surface area contributed by atoms with Crippen LogP contribution < -0.4 is 5.32 Å². The van der Waals surface area contributed by atoms with Crippen molar-refractivity contribution >= 4 is 29.1 Å². The molecule has 2 N–H and O–H groups in total. The van der Waals surface area contributed by atoms with Gasteiger partial charge in [0.15, 0.2) is 0 Å². The molecular weight excluding hydrogens is 373 g/mol. The lowest BCUT2D eigenvalue weighted by Gasteiger charge is -2.32. The Morgan fingerprint density at radius 3 is 2.88 bits per heavy atom. The summed E-state index contributed by atoms with van der Waals surface area (Å²) in [5.74, 6) is -1.55. The maximum absolute atomic E-state index is 15.4. The summed E-state index contributed by atoms with van der Waals surface area (Å²) >= 11 is 11.7. The summed E-state index contributed by atoms with van der Waals surface area (Å²) in [6, 6.07) is 5.44. The van der Waals surface area contributed by atoms with Crippen molar-refractivity contribution in [1.82, 2.24) is 10.3 Å². The quantitative estimate of drug-likeness (QED) is 0.787. The van der Waals surface area contributed by atoms with Gasteiger partial charge in [-0.1, -0.05) is 35.3 Å². The molecule has 1 amide bonds. The summed E-state index contributed by atoms with van der Waals surface area (Å²) in [6.45, 7) is -0.110. The molecular formula is C17H14Cl2F2N2O2. The number of aliphatic hydroxyl groups is 1. The highest BCUT2D eigenvalue weighted by molar-refractivity contribution is 6.42. The molecule has 0 unspecified atom stereocenters. The Morgan fingerprint density at radius 1 is 1.36 bits per heavy atom. The molecule has 4 nitrogen and oxygen atoms in total. The number of nitrogens with zero attached hydrogens (tertiary/aromatic N) is 1. The molecule has 0 aliphatic heterocycles. The van der Waals surface area contributed by atoms with Gasteiger partial charge in [0.1, 0.15) is 5.82 Å². The minimum atomic E-state index is -2.31. The van der Waals surface area contributed by atoms with E-state index in [4.69, 9.17) is 23.2 Å². The van der Waals surface area contributed by atoms with E-state index in [-0.39, 0.29) is 40.7 Å². The monoisotopic (exact) mass is 386 g/mol. The van der Waals surface area contributed by atoms with E-state index in [1.54, 1.807) is 0 Å². The average Bonchev–Trinajstić information content (AvgIpc) is 2.62. The van der Waals surface area contributed by atoms with E-state index < -0.39 is 23.5 Å². The highest BCUT2D eigenvalue weighted by atomic mass is 35.5. The van der Waals surface area contributed by atoms with Crippen LogP contribution in [0.3, 0.4) is 0 Å².